The number of hydrogen-bond acceptors (Lipinski definition) is 1. The Balaban J connectivity index is 5.10. The Labute approximate surface area is 86.3 Å². The molecule has 0 aliphatic heterocycles. The third-order valence-electron chi connectivity index (χ3n) is 1.29. The van der Waals surface area contributed by atoms with E-state index in [2.05, 4.69) is 6.58 Å². The highest BCUT2D eigenvalue weighted by Gasteiger charge is 2.17. The van der Waals surface area contributed by atoms with E-state index >= 15 is 0 Å². The van der Waals surface area contributed by atoms with Gasteiger partial charge in [0, 0.05) is 11.1 Å². The average Bonchev–Trinajstić information content (AvgIpc) is 2.23. The van der Waals surface area contributed by atoms with Crippen LogP contribution in [0.4, 0.5) is 17.6 Å². The average molecular weight is 244 g/mol. The van der Waals surface area contributed by atoms with Crippen molar-refractivity contribution in [3.8, 4) is 0 Å². The van der Waals surface area contributed by atoms with Crippen molar-refractivity contribution in [1.82, 2.24) is 0 Å². The third kappa shape index (κ3) is 3.46. The van der Waals surface area contributed by atoms with Gasteiger partial charge in [0.05, 0.1) is 0 Å². The minimum atomic E-state index is -1.84. The van der Waals surface area contributed by atoms with Crippen LogP contribution in [0.3, 0.4) is 0 Å². The highest BCUT2D eigenvalue weighted by Crippen LogP contribution is 2.30. The largest absolute Gasteiger partial charge is 0.208 e. The topological polar surface area (TPSA) is 0 Å². The van der Waals surface area contributed by atoms with Crippen molar-refractivity contribution in [3.63, 3.8) is 0 Å². The summed E-state index contributed by atoms with van der Waals surface area (Å²) in [5.74, 6) is -6.47. The lowest BCUT2D eigenvalue weighted by atomic mass is 10.3. The van der Waals surface area contributed by atoms with E-state index in [1.54, 1.807) is 0 Å². The van der Waals surface area contributed by atoms with E-state index in [0.717, 1.165) is 11.8 Å². The lowest BCUT2D eigenvalue weighted by Crippen LogP contribution is -1.88. The van der Waals surface area contributed by atoms with Gasteiger partial charge in [0.15, 0.2) is 17.5 Å². The summed E-state index contributed by atoms with van der Waals surface area (Å²) in [4.78, 5) is -0.283. The normalized spacial score (nSPS) is 14.7. The molecular weight excluding hydrogens is 235 g/mol. The first-order chi connectivity index (χ1) is 6.45. The molecule has 0 rings (SSSR count). The van der Waals surface area contributed by atoms with E-state index in [1.165, 1.54) is 6.26 Å². The molecule has 0 saturated carbocycles. The molecule has 0 bridgehead atoms. The molecular formula is C8H9F4PS. The smallest absolute Gasteiger partial charge is 0.198 e. The predicted octanol–water partition coefficient (Wildman–Crippen LogP) is 4.04. The van der Waals surface area contributed by atoms with Crippen molar-refractivity contribution in [2.45, 2.75) is 0 Å². The standard InChI is InChI=1S/C8H9F4PS/c1-4(14-2)6(10)8(12)7(11)5(9)3-13/h1,3,13H2,2H3/b7-5-,8-6-. The fourth-order valence-corrected chi connectivity index (χ4v) is 0.965. The molecule has 0 aromatic heterocycles. The van der Waals surface area contributed by atoms with Crippen molar-refractivity contribution in [1.29, 1.82) is 0 Å². The van der Waals surface area contributed by atoms with Crippen LogP contribution in [0.5, 0.6) is 0 Å². The molecule has 0 radical (unpaired) electrons. The summed E-state index contributed by atoms with van der Waals surface area (Å²) < 4.78 is 50.9. The Morgan fingerprint density at radius 2 is 1.64 bits per heavy atom. The zero-order valence-corrected chi connectivity index (χ0v) is 9.38. The second-order valence-corrected chi connectivity index (χ2v) is 3.49. The number of hydrogen-bond donors (Lipinski definition) is 0. The van der Waals surface area contributed by atoms with Crippen LogP contribution in [0, 0.1) is 0 Å². The molecule has 0 amide bonds. The van der Waals surface area contributed by atoms with E-state index in [4.69, 9.17) is 0 Å². The van der Waals surface area contributed by atoms with Crippen molar-refractivity contribution < 1.29 is 17.6 Å². The Bertz CT molecular complexity index is 296. The van der Waals surface area contributed by atoms with Crippen LogP contribution in [0.15, 0.2) is 34.8 Å². The van der Waals surface area contributed by atoms with Crippen molar-refractivity contribution in [2.24, 2.45) is 0 Å². The fraction of sp³-hybridized carbons (Fsp3) is 0.250. The van der Waals surface area contributed by atoms with Crippen LogP contribution in [-0.4, -0.2) is 12.4 Å². The molecule has 0 spiro atoms. The molecule has 0 aromatic rings. The van der Waals surface area contributed by atoms with Crippen LogP contribution >= 0.6 is 21.0 Å². The quantitative estimate of drug-likeness (QED) is 0.408. The first kappa shape index (κ1) is 13.7. The summed E-state index contributed by atoms with van der Waals surface area (Å²) in [6.07, 6.45) is 1.04. The van der Waals surface area contributed by atoms with Gasteiger partial charge in [0.1, 0.15) is 5.83 Å². The van der Waals surface area contributed by atoms with Gasteiger partial charge < -0.3 is 0 Å². The van der Waals surface area contributed by atoms with Crippen LogP contribution in [0.1, 0.15) is 0 Å². The minimum absolute atomic E-state index is 0.283. The summed E-state index contributed by atoms with van der Waals surface area (Å²) in [7, 11) is 1.86. The maximum Gasteiger partial charge on any atom is 0.198 e. The summed E-state index contributed by atoms with van der Waals surface area (Å²) in [6.45, 7) is 3.13. The van der Waals surface area contributed by atoms with Crippen LogP contribution in [0.2, 0.25) is 0 Å². The molecule has 0 aromatic carbocycles. The second kappa shape index (κ2) is 6.25. The first-order valence-electron chi connectivity index (χ1n) is 3.48. The van der Waals surface area contributed by atoms with Gasteiger partial charge in [0.2, 0.25) is 0 Å². The summed E-state index contributed by atoms with van der Waals surface area (Å²) in [6, 6.07) is 0. The van der Waals surface area contributed by atoms with Gasteiger partial charge >= 0.3 is 0 Å². The molecule has 6 heteroatoms. The van der Waals surface area contributed by atoms with E-state index in [0.29, 0.717) is 0 Å². The van der Waals surface area contributed by atoms with Crippen molar-refractivity contribution in [2.75, 3.05) is 12.4 Å². The zero-order valence-electron chi connectivity index (χ0n) is 7.41. The highest BCUT2D eigenvalue weighted by molar-refractivity contribution is 8.02. The predicted molar refractivity (Wildman–Crippen MR) is 55.7 cm³/mol. The van der Waals surface area contributed by atoms with Crippen LogP contribution < -0.4 is 0 Å². The Morgan fingerprint density at radius 3 is 2.00 bits per heavy atom. The van der Waals surface area contributed by atoms with Crippen LogP contribution in [0.25, 0.3) is 0 Å². The van der Waals surface area contributed by atoms with E-state index in [-0.39, 0.29) is 4.91 Å². The fourth-order valence-electron chi connectivity index (χ4n) is 0.517. The lowest BCUT2D eigenvalue weighted by molar-refractivity contribution is 0.471. The highest BCUT2D eigenvalue weighted by atomic mass is 32.2. The second-order valence-electron chi connectivity index (χ2n) is 2.18. The molecule has 14 heavy (non-hydrogen) atoms. The first-order valence-corrected chi connectivity index (χ1v) is 5.52. The summed E-state index contributed by atoms with van der Waals surface area (Å²) in [5.41, 5.74) is 0. The Morgan fingerprint density at radius 1 is 1.14 bits per heavy atom. The maximum atomic E-state index is 12.9. The number of thioether (sulfide) groups is 1. The molecule has 0 fully saturated rings. The van der Waals surface area contributed by atoms with Crippen LogP contribution in [-0.2, 0) is 0 Å². The maximum absolute atomic E-state index is 12.9. The number of halogens is 4. The molecule has 0 aliphatic carbocycles. The third-order valence-corrected chi connectivity index (χ3v) is 2.32. The summed E-state index contributed by atoms with van der Waals surface area (Å²) >= 11 is 0.814. The van der Waals surface area contributed by atoms with Gasteiger partial charge in [-0.25, -0.2) is 17.6 Å². The lowest BCUT2D eigenvalue weighted by Gasteiger charge is -2.00. The Kier molecular flexibility index (Phi) is 6.12. The molecule has 0 heterocycles. The van der Waals surface area contributed by atoms with Gasteiger partial charge in [-0.2, -0.15) is 0 Å². The monoisotopic (exact) mass is 244 g/mol. The van der Waals surface area contributed by atoms with Gasteiger partial charge in [0.25, 0.3) is 0 Å². The van der Waals surface area contributed by atoms with Gasteiger partial charge in [-0.15, -0.1) is 21.0 Å². The SMILES string of the molecule is C=C(SC)/C(F)=C(F)\C(F)=C(\F)CP. The molecule has 0 saturated heterocycles. The van der Waals surface area contributed by atoms with Gasteiger partial charge in [-0.1, -0.05) is 6.58 Å². The summed E-state index contributed by atoms with van der Waals surface area (Å²) in [5, 5.41) is 0. The van der Waals surface area contributed by atoms with E-state index in [1.807, 2.05) is 9.24 Å². The van der Waals surface area contributed by atoms with Gasteiger partial charge in [-0.05, 0) is 6.26 Å². The molecule has 1 atom stereocenters. The van der Waals surface area contributed by atoms with Crippen molar-refractivity contribution in [3.05, 3.63) is 34.8 Å². The zero-order chi connectivity index (χ0) is 11.3. The number of rotatable bonds is 4. The minimum Gasteiger partial charge on any atom is -0.208 e. The van der Waals surface area contributed by atoms with E-state index < -0.39 is 29.5 Å². The molecule has 0 N–H and O–H groups in total. The molecule has 0 aliphatic rings. The van der Waals surface area contributed by atoms with Crippen molar-refractivity contribution >= 4 is 21.0 Å². The Hall–Kier alpha value is -0.280. The molecule has 1 unspecified atom stereocenters. The number of allylic oxidation sites excluding steroid dienone is 4. The van der Waals surface area contributed by atoms with E-state index in [9.17, 15) is 17.6 Å². The van der Waals surface area contributed by atoms with Gasteiger partial charge in [-0.3, -0.25) is 0 Å². The molecule has 80 valence electrons. The molecule has 0 nitrogen and oxygen atoms in total.